The number of aryl methyl sites for hydroxylation is 1. The van der Waals surface area contributed by atoms with E-state index >= 15 is 0 Å². The maximum Gasteiger partial charge on any atom is 0.234 e. The summed E-state index contributed by atoms with van der Waals surface area (Å²) in [5, 5.41) is 8.19. The molecule has 6 nitrogen and oxygen atoms in total. The van der Waals surface area contributed by atoms with E-state index in [0.29, 0.717) is 11.3 Å². The minimum atomic E-state index is -0.164. The Hall–Kier alpha value is -3.45. The Morgan fingerprint density at radius 2 is 1.90 bits per heavy atom. The van der Waals surface area contributed by atoms with Crippen LogP contribution in [0.25, 0.3) is 16.8 Å². The van der Waals surface area contributed by atoms with Gasteiger partial charge in [0, 0.05) is 29.2 Å². The van der Waals surface area contributed by atoms with Crippen LogP contribution in [0.15, 0.2) is 72.0 Å². The first-order valence-electron chi connectivity index (χ1n) is 9.45. The van der Waals surface area contributed by atoms with Crippen LogP contribution in [-0.4, -0.2) is 32.0 Å². The number of Topliss-reactive ketones (excluding diaryl/α,β-unsaturated/α-hetero) is 1. The van der Waals surface area contributed by atoms with Gasteiger partial charge in [-0.2, -0.15) is 5.10 Å². The van der Waals surface area contributed by atoms with Gasteiger partial charge in [0.1, 0.15) is 5.03 Å². The zero-order chi connectivity index (χ0) is 21.1. The topological polar surface area (TPSA) is 76.4 Å². The molecule has 0 unspecified atom stereocenters. The van der Waals surface area contributed by atoms with E-state index < -0.39 is 0 Å². The van der Waals surface area contributed by atoms with Crippen LogP contribution in [0.5, 0.6) is 0 Å². The highest BCUT2D eigenvalue weighted by Crippen LogP contribution is 2.26. The molecule has 30 heavy (non-hydrogen) atoms. The number of ketones is 1. The van der Waals surface area contributed by atoms with Crippen molar-refractivity contribution < 1.29 is 9.59 Å². The molecule has 0 spiro atoms. The number of thioether (sulfide) groups is 1. The molecule has 2 aromatic carbocycles. The summed E-state index contributed by atoms with van der Waals surface area (Å²) in [7, 11) is 0. The van der Waals surface area contributed by atoms with Gasteiger partial charge in [0.2, 0.25) is 5.91 Å². The lowest BCUT2D eigenvalue weighted by molar-refractivity contribution is -0.113. The first kappa shape index (κ1) is 19.8. The smallest absolute Gasteiger partial charge is 0.234 e. The van der Waals surface area contributed by atoms with Gasteiger partial charge in [-0.15, -0.1) is 0 Å². The van der Waals surface area contributed by atoms with Gasteiger partial charge in [-0.3, -0.25) is 9.59 Å². The Labute approximate surface area is 178 Å². The second-order valence-electron chi connectivity index (χ2n) is 6.93. The monoisotopic (exact) mass is 416 g/mol. The van der Waals surface area contributed by atoms with Crippen molar-refractivity contribution in [3.05, 3.63) is 78.1 Å². The van der Waals surface area contributed by atoms with Crippen LogP contribution in [0, 0.1) is 6.92 Å². The average molecular weight is 417 g/mol. The molecule has 4 aromatic rings. The fourth-order valence-corrected chi connectivity index (χ4v) is 3.80. The summed E-state index contributed by atoms with van der Waals surface area (Å²) in [5.74, 6) is -0.00796. The summed E-state index contributed by atoms with van der Waals surface area (Å²) in [6.45, 7) is 3.55. The number of nitrogens with zero attached hydrogens (tertiary/aromatic N) is 3. The van der Waals surface area contributed by atoms with E-state index in [-0.39, 0.29) is 17.4 Å². The molecule has 0 atom stereocenters. The van der Waals surface area contributed by atoms with Crippen LogP contribution < -0.4 is 5.32 Å². The quantitative estimate of drug-likeness (QED) is 0.366. The van der Waals surface area contributed by atoms with E-state index in [0.717, 1.165) is 21.8 Å². The third-order valence-corrected chi connectivity index (χ3v) is 5.59. The zero-order valence-corrected chi connectivity index (χ0v) is 17.4. The Kier molecular flexibility index (Phi) is 5.63. The summed E-state index contributed by atoms with van der Waals surface area (Å²) in [6.07, 6.45) is 3.47. The molecule has 0 aliphatic carbocycles. The Morgan fingerprint density at radius 3 is 2.67 bits per heavy atom. The highest BCUT2D eigenvalue weighted by molar-refractivity contribution is 8.00. The number of aromatic nitrogens is 3. The van der Waals surface area contributed by atoms with Crippen LogP contribution in [0.2, 0.25) is 0 Å². The number of fused-ring (bicyclic) bond motifs is 1. The van der Waals surface area contributed by atoms with Gasteiger partial charge in [0.05, 0.1) is 17.0 Å². The van der Waals surface area contributed by atoms with Crippen molar-refractivity contribution in [3.63, 3.8) is 0 Å². The van der Waals surface area contributed by atoms with Crippen molar-refractivity contribution >= 4 is 34.7 Å². The van der Waals surface area contributed by atoms with Crippen molar-refractivity contribution in [2.75, 3.05) is 11.1 Å². The minimum absolute atomic E-state index is 0.0403. The molecule has 4 rings (SSSR count). The Morgan fingerprint density at radius 1 is 1.10 bits per heavy atom. The lowest BCUT2D eigenvalue weighted by Gasteiger charge is -2.06. The van der Waals surface area contributed by atoms with E-state index in [1.165, 1.54) is 24.2 Å². The van der Waals surface area contributed by atoms with E-state index in [4.69, 9.17) is 0 Å². The van der Waals surface area contributed by atoms with E-state index in [2.05, 4.69) is 27.5 Å². The molecular formula is C23H20N4O2S. The van der Waals surface area contributed by atoms with Gasteiger partial charge in [-0.25, -0.2) is 9.50 Å². The number of carbonyl (C=O) groups is 2. The van der Waals surface area contributed by atoms with Gasteiger partial charge >= 0.3 is 0 Å². The Balaban J connectivity index is 1.48. The van der Waals surface area contributed by atoms with Crippen molar-refractivity contribution in [3.8, 4) is 11.3 Å². The molecule has 0 fully saturated rings. The molecule has 150 valence electrons. The predicted molar refractivity (Wildman–Crippen MR) is 119 cm³/mol. The highest BCUT2D eigenvalue weighted by atomic mass is 32.2. The molecule has 1 amide bonds. The third-order valence-electron chi connectivity index (χ3n) is 4.59. The number of amides is 1. The van der Waals surface area contributed by atoms with E-state index in [1.807, 2.05) is 25.1 Å². The van der Waals surface area contributed by atoms with Gasteiger partial charge in [-0.05, 0) is 32.0 Å². The first-order valence-corrected chi connectivity index (χ1v) is 10.4. The fraction of sp³-hybridized carbons (Fsp3) is 0.130. The molecule has 0 aliphatic rings. The summed E-state index contributed by atoms with van der Waals surface area (Å²) in [6, 6.07) is 17.1. The van der Waals surface area contributed by atoms with Crippen molar-refractivity contribution in [1.29, 1.82) is 0 Å². The lowest BCUT2D eigenvalue weighted by Crippen LogP contribution is -2.14. The van der Waals surface area contributed by atoms with Crippen molar-refractivity contribution in [1.82, 2.24) is 14.6 Å². The Bertz CT molecular complexity index is 1230. The summed E-state index contributed by atoms with van der Waals surface area (Å²) >= 11 is 1.35. The zero-order valence-electron chi connectivity index (χ0n) is 16.6. The molecule has 0 saturated carbocycles. The number of hydrogen-bond donors (Lipinski definition) is 1. The second kappa shape index (κ2) is 8.51. The van der Waals surface area contributed by atoms with Crippen LogP contribution in [0.3, 0.4) is 0 Å². The van der Waals surface area contributed by atoms with Crippen LogP contribution in [-0.2, 0) is 4.79 Å². The molecule has 1 N–H and O–H groups in total. The molecule has 2 aromatic heterocycles. The van der Waals surface area contributed by atoms with E-state index in [9.17, 15) is 9.59 Å². The predicted octanol–water partition coefficient (Wildman–Crippen LogP) is 4.64. The highest BCUT2D eigenvalue weighted by Gasteiger charge is 2.12. The summed E-state index contributed by atoms with van der Waals surface area (Å²) in [5.41, 5.74) is 5.10. The number of benzene rings is 2. The SMILES string of the molecule is CC(=O)c1cccc(NC(=O)CSc2nccn3nc(-c4ccc(C)cc4)cc23)c1. The average Bonchev–Trinajstić information content (AvgIpc) is 3.18. The number of hydrogen-bond acceptors (Lipinski definition) is 5. The normalized spacial score (nSPS) is 10.9. The largest absolute Gasteiger partial charge is 0.325 e. The van der Waals surface area contributed by atoms with Gasteiger partial charge in [-0.1, -0.05) is 53.7 Å². The molecule has 0 saturated heterocycles. The van der Waals surface area contributed by atoms with Gasteiger partial charge < -0.3 is 5.32 Å². The van der Waals surface area contributed by atoms with Crippen molar-refractivity contribution in [2.24, 2.45) is 0 Å². The molecule has 0 radical (unpaired) electrons. The maximum atomic E-state index is 12.4. The standard InChI is InChI=1S/C23H20N4O2S/c1-15-6-8-17(9-7-15)20-13-21-23(24-10-11-27(21)26-20)30-14-22(29)25-19-5-3-4-18(12-19)16(2)28/h3-13H,14H2,1-2H3,(H,25,29). The number of rotatable bonds is 6. The van der Waals surface area contributed by atoms with Crippen LogP contribution >= 0.6 is 11.8 Å². The minimum Gasteiger partial charge on any atom is -0.325 e. The molecule has 2 heterocycles. The van der Waals surface area contributed by atoms with Crippen molar-refractivity contribution in [2.45, 2.75) is 18.9 Å². The van der Waals surface area contributed by atoms with Gasteiger partial charge in [0.15, 0.2) is 5.78 Å². The number of carbonyl (C=O) groups excluding carboxylic acids is 2. The number of nitrogens with one attached hydrogen (secondary N) is 1. The van der Waals surface area contributed by atoms with Crippen LogP contribution in [0.1, 0.15) is 22.8 Å². The molecule has 7 heteroatoms. The molecular weight excluding hydrogens is 396 g/mol. The molecule has 0 aliphatic heterocycles. The van der Waals surface area contributed by atoms with E-state index in [1.54, 1.807) is 41.2 Å². The first-order chi connectivity index (χ1) is 14.5. The van der Waals surface area contributed by atoms with Crippen LogP contribution in [0.4, 0.5) is 5.69 Å². The lowest BCUT2D eigenvalue weighted by atomic mass is 10.1. The van der Waals surface area contributed by atoms with Gasteiger partial charge in [0.25, 0.3) is 0 Å². The summed E-state index contributed by atoms with van der Waals surface area (Å²) in [4.78, 5) is 28.3. The molecule has 0 bridgehead atoms. The second-order valence-corrected chi connectivity index (χ2v) is 7.90. The summed E-state index contributed by atoms with van der Waals surface area (Å²) < 4.78 is 1.78. The fourth-order valence-electron chi connectivity index (χ4n) is 3.02. The third kappa shape index (κ3) is 4.41. The maximum absolute atomic E-state index is 12.4. The number of anilines is 1.